The van der Waals surface area contributed by atoms with Gasteiger partial charge in [0.05, 0.1) is 31.0 Å². The van der Waals surface area contributed by atoms with E-state index in [1.54, 1.807) is 4.90 Å². The van der Waals surface area contributed by atoms with Crippen molar-refractivity contribution in [3.05, 3.63) is 30.3 Å². The molecule has 1 unspecified atom stereocenters. The van der Waals surface area contributed by atoms with Crippen molar-refractivity contribution >= 4 is 29.3 Å². The summed E-state index contributed by atoms with van der Waals surface area (Å²) in [6, 6.07) is 4.23. The minimum Gasteiger partial charge on any atom is -0.442 e. The molecule has 3 amide bonds. The molecule has 1 atom stereocenters. The molecule has 2 aliphatic rings. The predicted molar refractivity (Wildman–Crippen MR) is 113 cm³/mol. The van der Waals surface area contributed by atoms with Gasteiger partial charge in [0.25, 0.3) is 11.8 Å². The van der Waals surface area contributed by atoms with Crippen LogP contribution >= 0.6 is 0 Å². The smallest absolute Gasteiger partial charge is 0.414 e. The molecular weight excluding hydrogens is 475 g/mol. The Balaban J connectivity index is 1.35. The van der Waals surface area contributed by atoms with Crippen molar-refractivity contribution in [1.29, 1.82) is 0 Å². The van der Waals surface area contributed by atoms with Crippen LogP contribution in [0.4, 0.5) is 29.3 Å². The molecule has 2 N–H and O–H groups in total. The first kappa shape index (κ1) is 24.2. The fourth-order valence-corrected chi connectivity index (χ4v) is 3.70. The zero-order valence-electron chi connectivity index (χ0n) is 18.3. The Morgan fingerprint density at radius 2 is 2.09 bits per heavy atom. The molecule has 0 spiro atoms. The van der Waals surface area contributed by atoms with Gasteiger partial charge in [-0.2, -0.15) is 13.6 Å². The first-order valence-electron chi connectivity index (χ1n) is 10.6. The van der Waals surface area contributed by atoms with E-state index in [-0.39, 0.29) is 43.5 Å². The standard InChI is InChI=1S/C19H22F3N9O4/c20-14-7-12(29-9-13(35-19(29)34)8-23-18(33)17(21)22)1-2-15(14)28-4-3-25-30(6-5-28)16(32)10-31-26-11-24-27-31/h1-2,7,11,13,17,25H,3-6,8-10H2,(H,23,33). The van der Waals surface area contributed by atoms with E-state index in [9.17, 15) is 23.2 Å². The molecule has 0 radical (unpaired) electrons. The number of tetrazole rings is 1. The number of carbonyl (C=O) groups excluding carboxylic acids is 3. The van der Waals surface area contributed by atoms with Gasteiger partial charge in [0, 0.05) is 19.6 Å². The van der Waals surface area contributed by atoms with Gasteiger partial charge in [0.2, 0.25) is 0 Å². The van der Waals surface area contributed by atoms with Gasteiger partial charge < -0.3 is 15.0 Å². The summed E-state index contributed by atoms with van der Waals surface area (Å²) in [5.41, 5.74) is 3.50. The molecule has 4 rings (SSSR count). The van der Waals surface area contributed by atoms with E-state index in [1.165, 1.54) is 29.5 Å². The van der Waals surface area contributed by atoms with E-state index in [0.717, 1.165) is 9.70 Å². The van der Waals surface area contributed by atoms with Crippen LogP contribution in [-0.2, 0) is 20.9 Å². The Labute approximate surface area is 196 Å². The molecule has 2 fully saturated rings. The van der Waals surface area contributed by atoms with Crippen molar-refractivity contribution in [3.63, 3.8) is 0 Å². The Morgan fingerprint density at radius 1 is 1.26 bits per heavy atom. The first-order valence-corrected chi connectivity index (χ1v) is 10.6. The summed E-state index contributed by atoms with van der Waals surface area (Å²) in [4.78, 5) is 39.7. The predicted octanol–water partition coefficient (Wildman–Crippen LogP) is -0.628. The van der Waals surface area contributed by atoms with Crippen LogP contribution in [0, 0.1) is 5.82 Å². The number of hydrogen-bond acceptors (Lipinski definition) is 9. The molecule has 2 saturated heterocycles. The highest BCUT2D eigenvalue weighted by Gasteiger charge is 2.33. The number of nitrogens with zero attached hydrogens (tertiary/aromatic N) is 7. The second kappa shape index (κ2) is 10.5. The molecule has 35 heavy (non-hydrogen) atoms. The third-order valence-electron chi connectivity index (χ3n) is 5.41. The fourth-order valence-electron chi connectivity index (χ4n) is 3.70. The van der Waals surface area contributed by atoms with E-state index >= 15 is 4.39 Å². The minimum atomic E-state index is -3.17. The van der Waals surface area contributed by atoms with Crippen LogP contribution < -0.4 is 20.5 Å². The average molecular weight is 497 g/mol. The van der Waals surface area contributed by atoms with Crippen LogP contribution in [0.5, 0.6) is 0 Å². The van der Waals surface area contributed by atoms with Crippen LogP contribution in [0.1, 0.15) is 0 Å². The number of ether oxygens (including phenoxy) is 1. The van der Waals surface area contributed by atoms with Crippen LogP contribution in [0.25, 0.3) is 0 Å². The number of nitrogens with one attached hydrogen (secondary N) is 2. The van der Waals surface area contributed by atoms with Gasteiger partial charge >= 0.3 is 12.5 Å². The fraction of sp³-hybridized carbons (Fsp3) is 0.474. The topological polar surface area (TPSA) is 138 Å². The maximum Gasteiger partial charge on any atom is 0.414 e. The van der Waals surface area contributed by atoms with E-state index in [4.69, 9.17) is 4.74 Å². The first-order chi connectivity index (χ1) is 16.8. The van der Waals surface area contributed by atoms with Crippen molar-refractivity contribution in [1.82, 2.24) is 36.0 Å². The number of rotatable bonds is 7. The second-order valence-electron chi connectivity index (χ2n) is 7.70. The highest BCUT2D eigenvalue weighted by molar-refractivity contribution is 5.90. The third kappa shape index (κ3) is 5.76. The van der Waals surface area contributed by atoms with Gasteiger partial charge in [-0.15, -0.1) is 10.2 Å². The van der Waals surface area contributed by atoms with Crippen molar-refractivity contribution in [3.8, 4) is 0 Å². The van der Waals surface area contributed by atoms with E-state index in [1.807, 2.05) is 5.32 Å². The summed E-state index contributed by atoms with van der Waals surface area (Å²) in [5.74, 6) is -2.32. The largest absolute Gasteiger partial charge is 0.442 e. The van der Waals surface area contributed by atoms with Crippen LogP contribution in [0.3, 0.4) is 0 Å². The Hall–Kier alpha value is -3.95. The minimum absolute atomic E-state index is 0.0352. The van der Waals surface area contributed by atoms with Gasteiger partial charge in [-0.3, -0.25) is 19.5 Å². The number of anilines is 2. The van der Waals surface area contributed by atoms with Gasteiger partial charge in [-0.1, -0.05) is 0 Å². The number of alkyl halides is 2. The van der Waals surface area contributed by atoms with Gasteiger partial charge in [0.15, 0.2) is 6.33 Å². The normalized spacial score (nSPS) is 18.6. The average Bonchev–Trinajstić information content (AvgIpc) is 3.39. The van der Waals surface area contributed by atoms with Crippen molar-refractivity contribution in [2.75, 3.05) is 49.1 Å². The zero-order valence-corrected chi connectivity index (χ0v) is 18.3. The van der Waals surface area contributed by atoms with Crippen molar-refractivity contribution in [2.24, 2.45) is 0 Å². The Kier molecular flexibility index (Phi) is 7.28. The van der Waals surface area contributed by atoms with Crippen LogP contribution in [0.2, 0.25) is 0 Å². The zero-order chi connectivity index (χ0) is 24.9. The quantitative estimate of drug-likeness (QED) is 0.512. The Morgan fingerprint density at radius 3 is 2.80 bits per heavy atom. The number of hydrogen-bond donors (Lipinski definition) is 2. The number of carbonyl (C=O) groups is 3. The van der Waals surface area contributed by atoms with Crippen molar-refractivity contribution in [2.45, 2.75) is 19.1 Å². The van der Waals surface area contributed by atoms with Crippen molar-refractivity contribution < 1.29 is 32.3 Å². The highest BCUT2D eigenvalue weighted by atomic mass is 19.3. The molecule has 2 aliphatic heterocycles. The lowest BCUT2D eigenvalue weighted by molar-refractivity contribution is -0.135. The molecule has 1 aromatic carbocycles. The maximum atomic E-state index is 15.0. The molecule has 0 aliphatic carbocycles. The van der Waals surface area contributed by atoms with Gasteiger partial charge in [-0.25, -0.2) is 14.6 Å². The molecule has 0 bridgehead atoms. The van der Waals surface area contributed by atoms with Gasteiger partial charge in [0.1, 0.15) is 18.5 Å². The second-order valence-corrected chi connectivity index (χ2v) is 7.70. The SMILES string of the molecule is O=C(NCC1CN(c2ccc(N3CCNN(C(=O)Cn4ncnn4)CC3)c(F)c2)C(=O)O1)C(F)F. The highest BCUT2D eigenvalue weighted by Crippen LogP contribution is 2.28. The molecule has 3 heterocycles. The molecule has 1 aromatic heterocycles. The number of amides is 3. The summed E-state index contributed by atoms with van der Waals surface area (Å²) in [6.07, 6.45) is -3.57. The lowest BCUT2D eigenvalue weighted by atomic mass is 10.2. The summed E-state index contributed by atoms with van der Waals surface area (Å²) in [6.45, 7) is 1.01. The molecule has 188 valence electrons. The summed E-state index contributed by atoms with van der Waals surface area (Å²) in [5, 5.41) is 14.4. The van der Waals surface area contributed by atoms with E-state index < -0.39 is 30.3 Å². The number of hydrazine groups is 1. The number of benzene rings is 1. The summed E-state index contributed by atoms with van der Waals surface area (Å²) in [7, 11) is 0. The summed E-state index contributed by atoms with van der Waals surface area (Å²) < 4.78 is 44.7. The lowest BCUT2D eigenvalue weighted by Crippen LogP contribution is -2.45. The maximum absolute atomic E-state index is 15.0. The van der Waals surface area contributed by atoms with Crippen LogP contribution in [-0.4, -0.2) is 94.9 Å². The monoisotopic (exact) mass is 497 g/mol. The van der Waals surface area contributed by atoms with E-state index in [2.05, 4.69) is 20.8 Å². The molecule has 2 aromatic rings. The van der Waals surface area contributed by atoms with E-state index in [0.29, 0.717) is 19.6 Å². The molecular formula is C19H22F3N9O4. The lowest BCUT2D eigenvalue weighted by Gasteiger charge is -2.24. The summed E-state index contributed by atoms with van der Waals surface area (Å²) >= 11 is 0. The number of cyclic esters (lactones) is 1. The number of halogens is 3. The number of aromatic nitrogens is 4. The molecule has 0 saturated carbocycles. The van der Waals surface area contributed by atoms with Crippen LogP contribution in [0.15, 0.2) is 24.5 Å². The third-order valence-corrected chi connectivity index (χ3v) is 5.41. The molecule has 13 nitrogen and oxygen atoms in total. The Bertz CT molecular complexity index is 1070. The van der Waals surface area contributed by atoms with Gasteiger partial charge in [-0.05, 0) is 23.4 Å². The molecule has 16 heteroatoms.